The number of nitrogens with one attached hydrogen (secondary N) is 1. The molecular weight excluding hydrogens is 697 g/mol. The van der Waals surface area contributed by atoms with Gasteiger partial charge in [0.05, 0.1) is 37.0 Å². The molecule has 11 heteroatoms. The lowest BCUT2D eigenvalue weighted by Gasteiger charge is -2.71. The van der Waals surface area contributed by atoms with Crippen LogP contribution in [-0.4, -0.2) is 71.5 Å². The van der Waals surface area contributed by atoms with Crippen molar-refractivity contribution in [3.8, 4) is 5.75 Å². The van der Waals surface area contributed by atoms with Crippen molar-refractivity contribution >= 4 is 17.5 Å². The summed E-state index contributed by atoms with van der Waals surface area (Å²) in [5.41, 5.74) is -3.68. The lowest BCUT2D eigenvalue weighted by Crippen LogP contribution is -2.67. The Morgan fingerprint density at radius 3 is 2.41 bits per heavy atom. The molecule has 9 rings (SSSR count). The summed E-state index contributed by atoms with van der Waals surface area (Å²) in [7, 11) is 1.58. The number of amides is 2. The molecule has 2 aromatic rings. The van der Waals surface area contributed by atoms with Gasteiger partial charge in [0.15, 0.2) is 5.78 Å². The Bertz CT molecular complexity index is 1870. The van der Waals surface area contributed by atoms with E-state index in [1.54, 1.807) is 36.3 Å². The van der Waals surface area contributed by atoms with Gasteiger partial charge in [0.25, 0.3) is 0 Å². The number of halogens is 3. The van der Waals surface area contributed by atoms with Crippen LogP contribution < -0.4 is 10.1 Å². The van der Waals surface area contributed by atoms with Crippen molar-refractivity contribution in [1.29, 1.82) is 0 Å². The Kier molecular flexibility index (Phi) is 8.94. The van der Waals surface area contributed by atoms with E-state index in [1.165, 1.54) is 12.1 Å². The van der Waals surface area contributed by atoms with Crippen molar-refractivity contribution in [3.63, 3.8) is 0 Å². The third-order valence-corrected chi connectivity index (χ3v) is 14.9. The number of anilines is 1. The number of carbonyl (C=O) groups is 2. The zero-order valence-electron chi connectivity index (χ0n) is 31.3. The summed E-state index contributed by atoms with van der Waals surface area (Å²) in [6.45, 7) is 5.33. The van der Waals surface area contributed by atoms with Crippen LogP contribution in [0.2, 0.25) is 0 Å². The van der Waals surface area contributed by atoms with E-state index in [9.17, 15) is 33.0 Å². The molecular formula is C43H51F3N2O6. The molecule has 290 valence electrons. The average molecular weight is 749 g/mol. The van der Waals surface area contributed by atoms with E-state index in [4.69, 9.17) is 9.47 Å². The van der Waals surface area contributed by atoms with Gasteiger partial charge in [-0.2, -0.15) is 13.2 Å². The van der Waals surface area contributed by atoms with Gasteiger partial charge in [-0.3, -0.25) is 4.79 Å². The normalized spacial score (nSPS) is 37.9. The van der Waals surface area contributed by atoms with Gasteiger partial charge >= 0.3 is 12.2 Å². The number of carbonyl (C=O) groups excluding carboxylic acids is 2. The van der Waals surface area contributed by atoms with Crippen molar-refractivity contribution in [2.75, 3.05) is 32.1 Å². The molecule has 9 atom stereocenters. The number of ketones is 1. The van der Waals surface area contributed by atoms with E-state index in [-0.39, 0.29) is 41.5 Å². The molecule has 3 N–H and O–H groups in total. The highest BCUT2D eigenvalue weighted by atomic mass is 19.4. The number of nitrogens with zero attached hydrogens (tertiary/aromatic N) is 1. The Morgan fingerprint density at radius 2 is 1.70 bits per heavy atom. The molecule has 2 bridgehead atoms. The fourth-order valence-electron chi connectivity index (χ4n) is 12.0. The van der Waals surface area contributed by atoms with Gasteiger partial charge < -0.3 is 29.9 Å². The van der Waals surface area contributed by atoms with Crippen molar-refractivity contribution in [2.45, 2.75) is 95.6 Å². The SMILES string of the molecule is COc1ccc(NC(=O)N(C[C@H]2CCCO2)C[C@]2(O)CC[C@H]3[C@]45C=C[C@@]6(C=C4C(=O)c4cccc(C(F)(F)F)c4)CC(O)CC[C@]6(C)[C@H]5CC[C@@]32C)cc1. The van der Waals surface area contributed by atoms with E-state index in [0.29, 0.717) is 68.7 Å². The van der Waals surface area contributed by atoms with E-state index in [1.807, 2.05) is 6.08 Å². The molecule has 1 aliphatic heterocycles. The van der Waals surface area contributed by atoms with Gasteiger partial charge in [0, 0.05) is 46.2 Å². The van der Waals surface area contributed by atoms with Crippen LogP contribution in [0.15, 0.2) is 72.3 Å². The summed E-state index contributed by atoms with van der Waals surface area (Å²) in [6.07, 6.45) is 6.82. The highest BCUT2D eigenvalue weighted by Crippen LogP contribution is 2.78. The van der Waals surface area contributed by atoms with Crippen LogP contribution in [0.1, 0.15) is 87.6 Å². The number of alkyl halides is 3. The Morgan fingerprint density at radius 1 is 0.981 bits per heavy atom. The molecule has 0 aromatic heterocycles. The van der Waals surface area contributed by atoms with Gasteiger partial charge in [-0.05, 0) is 111 Å². The maximum Gasteiger partial charge on any atom is 0.416 e. The van der Waals surface area contributed by atoms with Crippen molar-refractivity contribution in [1.82, 2.24) is 4.90 Å². The van der Waals surface area contributed by atoms with E-state index in [0.717, 1.165) is 31.4 Å². The van der Waals surface area contributed by atoms with E-state index < -0.39 is 45.5 Å². The minimum Gasteiger partial charge on any atom is -0.497 e. The first kappa shape index (κ1) is 37.3. The van der Waals surface area contributed by atoms with Crippen LogP contribution in [0.5, 0.6) is 5.75 Å². The third-order valence-electron chi connectivity index (χ3n) is 14.9. The summed E-state index contributed by atoms with van der Waals surface area (Å²) in [5.74, 6) is -0.0369. The second-order valence-electron chi connectivity index (χ2n) is 17.4. The zero-order valence-corrected chi connectivity index (χ0v) is 31.3. The molecule has 1 heterocycles. The number of aliphatic hydroxyl groups excluding tert-OH is 1. The van der Waals surface area contributed by atoms with Crippen LogP contribution >= 0.6 is 0 Å². The maximum atomic E-state index is 14.8. The number of hydrogen-bond acceptors (Lipinski definition) is 6. The van der Waals surface area contributed by atoms with Crippen LogP contribution in [0, 0.1) is 33.5 Å². The molecule has 54 heavy (non-hydrogen) atoms. The predicted octanol–water partition coefficient (Wildman–Crippen LogP) is 8.20. The lowest BCUT2D eigenvalue weighted by atomic mass is 9.32. The van der Waals surface area contributed by atoms with Crippen molar-refractivity contribution in [3.05, 3.63) is 83.5 Å². The first-order valence-electron chi connectivity index (χ1n) is 19.5. The Balaban J connectivity index is 1.17. The van der Waals surface area contributed by atoms with Gasteiger partial charge in [-0.1, -0.05) is 44.2 Å². The second kappa shape index (κ2) is 12.9. The summed E-state index contributed by atoms with van der Waals surface area (Å²) in [4.78, 5) is 30.6. The topological polar surface area (TPSA) is 108 Å². The number of rotatable bonds is 8. The molecule has 2 amide bonds. The Hall–Kier alpha value is -3.67. The number of aliphatic hydroxyl groups is 2. The number of hydrogen-bond donors (Lipinski definition) is 3. The number of urea groups is 1. The van der Waals surface area contributed by atoms with Gasteiger partial charge in [-0.15, -0.1) is 0 Å². The van der Waals surface area contributed by atoms with Crippen LogP contribution in [0.3, 0.4) is 0 Å². The largest absolute Gasteiger partial charge is 0.497 e. The second-order valence-corrected chi connectivity index (χ2v) is 17.4. The fourth-order valence-corrected chi connectivity index (χ4v) is 12.0. The van der Waals surface area contributed by atoms with Gasteiger partial charge in [-0.25, -0.2) is 4.79 Å². The first-order valence-corrected chi connectivity index (χ1v) is 19.5. The number of allylic oxidation sites excluding steroid dienone is 4. The van der Waals surface area contributed by atoms with Crippen LogP contribution in [0.4, 0.5) is 23.7 Å². The Labute approximate surface area is 314 Å². The number of methoxy groups -OCH3 is 1. The van der Waals surface area contributed by atoms with Gasteiger partial charge in [0.1, 0.15) is 5.75 Å². The third kappa shape index (κ3) is 5.58. The molecule has 1 unspecified atom stereocenters. The predicted molar refractivity (Wildman–Crippen MR) is 197 cm³/mol. The minimum atomic E-state index is -4.61. The number of fused-ring (bicyclic) bond motifs is 1. The first-order chi connectivity index (χ1) is 25.6. The molecule has 3 saturated carbocycles. The monoisotopic (exact) mass is 748 g/mol. The van der Waals surface area contributed by atoms with E-state index >= 15 is 0 Å². The number of benzene rings is 2. The quantitative estimate of drug-likeness (QED) is 0.186. The maximum absolute atomic E-state index is 14.8. The zero-order chi connectivity index (χ0) is 38.3. The molecule has 4 fully saturated rings. The molecule has 1 saturated heterocycles. The summed E-state index contributed by atoms with van der Waals surface area (Å²) in [5, 5.41) is 27.0. The number of ether oxygens (including phenoxy) is 2. The minimum absolute atomic E-state index is 0.0157. The van der Waals surface area contributed by atoms with E-state index in [2.05, 4.69) is 31.3 Å². The molecule has 2 spiro atoms. The molecule has 7 aliphatic rings. The highest BCUT2D eigenvalue weighted by molar-refractivity contribution is 6.10. The highest BCUT2D eigenvalue weighted by Gasteiger charge is 2.74. The smallest absolute Gasteiger partial charge is 0.416 e. The summed E-state index contributed by atoms with van der Waals surface area (Å²) < 4.78 is 53.0. The molecule has 2 aromatic carbocycles. The number of Topliss-reactive ketones (excluding diaryl/α,β-unsaturated/α-hetero) is 1. The van der Waals surface area contributed by atoms with Crippen molar-refractivity contribution < 1.29 is 42.4 Å². The van der Waals surface area contributed by atoms with Crippen molar-refractivity contribution in [2.24, 2.45) is 33.5 Å². The van der Waals surface area contributed by atoms with Crippen LogP contribution in [-0.2, 0) is 10.9 Å². The average Bonchev–Trinajstić information content (AvgIpc) is 3.76. The van der Waals surface area contributed by atoms with Gasteiger partial charge in [0.2, 0.25) is 0 Å². The fraction of sp³-hybridized carbons (Fsp3) is 0.581. The molecule has 8 nitrogen and oxygen atoms in total. The summed E-state index contributed by atoms with van der Waals surface area (Å²) >= 11 is 0. The summed E-state index contributed by atoms with van der Waals surface area (Å²) in [6, 6.07) is 11.4. The lowest BCUT2D eigenvalue weighted by molar-refractivity contribution is -0.175. The van der Waals surface area contributed by atoms with Crippen LogP contribution in [0.25, 0.3) is 0 Å². The standard InChI is InChI=1S/C43H51F3N2O6/c1-38-16-13-30(49)23-40(38)19-20-42(33(24-40)36(50)27-6-4-7-28(22-27)43(44,45)46)34(38)14-17-39(2)35(42)15-18-41(39,52)26-48(25-32-8-5-21-54-32)37(51)47-29-9-11-31(53-3)12-10-29/h4,6-7,9-12,19-20,22,24,30,32,34-35,49,52H,5,8,13-18,21,23,25-26H2,1-3H3,(H,47,51)/t30?,32-,34-,35-,38-,39+,40+,41-,42-/m1/s1. The molecule has 6 aliphatic carbocycles. The molecule has 0 radical (unpaired) electrons.